The molecule has 1 aromatic heterocycles. The first kappa shape index (κ1) is 15.9. The molecule has 0 amide bonds. The van der Waals surface area contributed by atoms with Gasteiger partial charge in [0, 0.05) is 23.3 Å². The van der Waals surface area contributed by atoms with Crippen LogP contribution in [0, 0.1) is 5.92 Å². The Morgan fingerprint density at radius 3 is 2.41 bits per heavy atom. The van der Waals surface area contributed by atoms with E-state index < -0.39 is 23.8 Å². The molecule has 116 valence electrons. The Bertz CT molecular complexity index is 649. The normalized spacial score (nSPS) is 21.2. The van der Waals surface area contributed by atoms with Crippen molar-refractivity contribution in [2.75, 3.05) is 14.2 Å². The second-order valence-corrected chi connectivity index (χ2v) is 4.98. The molecule has 0 bridgehead atoms. The summed E-state index contributed by atoms with van der Waals surface area (Å²) in [5.74, 6) is -2.24. The van der Waals surface area contributed by atoms with E-state index in [0.29, 0.717) is 22.7 Å². The van der Waals surface area contributed by atoms with Crippen LogP contribution in [-0.2, 0) is 19.1 Å². The number of esters is 2. The number of hydrogen-bond donors (Lipinski definition) is 0. The highest BCUT2D eigenvalue weighted by atomic mass is 16.5. The van der Waals surface area contributed by atoms with Crippen molar-refractivity contribution in [3.63, 3.8) is 0 Å². The topological polar surface area (TPSA) is 77.8 Å². The van der Waals surface area contributed by atoms with E-state index in [1.165, 1.54) is 14.2 Å². The van der Waals surface area contributed by atoms with E-state index in [1.54, 1.807) is 32.2 Å². The van der Waals surface area contributed by atoms with Gasteiger partial charge in [-0.15, -0.1) is 0 Å². The highest BCUT2D eigenvalue weighted by Gasteiger charge is 2.42. The Balaban J connectivity index is 2.64. The molecule has 0 N–H and O–H groups in total. The van der Waals surface area contributed by atoms with Crippen LogP contribution in [-0.4, -0.2) is 36.9 Å². The van der Waals surface area contributed by atoms with E-state index >= 15 is 0 Å². The maximum absolute atomic E-state index is 12.2. The summed E-state index contributed by atoms with van der Waals surface area (Å²) in [4.78, 5) is 33.0. The van der Waals surface area contributed by atoms with Gasteiger partial charge in [0.25, 0.3) is 0 Å². The number of aliphatic imine (C=N–C) groups is 1. The van der Waals surface area contributed by atoms with Crippen molar-refractivity contribution in [1.29, 1.82) is 0 Å². The summed E-state index contributed by atoms with van der Waals surface area (Å²) in [6.45, 7) is 3.47. The fourth-order valence-electron chi connectivity index (χ4n) is 2.72. The van der Waals surface area contributed by atoms with Crippen molar-refractivity contribution in [1.82, 2.24) is 4.98 Å². The summed E-state index contributed by atoms with van der Waals surface area (Å²) in [5, 5.41) is 0. The van der Waals surface area contributed by atoms with E-state index in [2.05, 4.69) is 9.98 Å². The minimum absolute atomic E-state index is 0.335. The number of aromatic nitrogens is 1. The molecule has 0 aliphatic carbocycles. The van der Waals surface area contributed by atoms with E-state index in [4.69, 9.17) is 9.47 Å². The highest BCUT2D eigenvalue weighted by Crippen LogP contribution is 2.38. The number of carbonyl (C=O) groups is 2. The van der Waals surface area contributed by atoms with E-state index in [-0.39, 0.29) is 0 Å². The zero-order valence-electron chi connectivity index (χ0n) is 13.0. The third-order valence-electron chi connectivity index (χ3n) is 3.70. The Morgan fingerprint density at radius 1 is 1.14 bits per heavy atom. The predicted octanol–water partition coefficient (Wildman–Crippen LogP) is 1.88. The molecule has 0 spiro atoms. The van der Waals surface area contributed by atoms with Crippen LogP contribution >= 0.6 is 0 Å². The van der Waals surface area contributed by atoms with Gasteiger partial charge in [0.2, 0.25) is 0 Å². The van der Waals surface area contributed by atoms with Crippen molar-refractivity contribution in [2.45, 2.75) is 19.8 Å². The van der Waals surface area contributed by atoms with Crippen LogP contribution in [0.1, 0.15) is 25.5 Å². The Morgan fingerprint density at radius 2 is 1.86 bits per heavy atom. The summed E-state index contributed by atoms with van der Waals surface area (Å²) in [5.41, 5.74) is 2.06. The van der Waals surface area contributed by atoms with Crippen LogP contribution in [0.5, 0.6) is 0 Å². The van der Waals surface area contributed by atoms with Gasteiger partial charge in [-0.3, -0.25) is 14.8 Å². The zero-order chi connectivity index (χ0) is 16.3. The summed E-state index contributed by atoms with van der Waals surface area (Å²) < 4.78 is 9.75. The van der Waals surface area contributed by atoms with Crippen LogP contribution in [0.3, 0.4) is 0 Å². The Kier molecular flexibility index (Phi) is 4.70. The van der Waals surface area contributed by atoms with Gasteiger partial charge >= 0.3 is 11.9 Å². The number of pyridine rings is 1. The molecule has 1 aliphatic heterocycles. The lowest BCUT2D eigenvalue weighted by Crippen LogP contribution is -2.36. The summed E-state index contributed by atoms with van der Waals surface area (Å²) >= 11 is 0. The quantitative estimate of drug-likeness (QED) is 0.797. The van der Waals surface area contributed by atoms with Gasteiger partial charge in [-0.25, -0.2) is 4.79 Å². The molecule has 2 rings (SSSR count). The second-order valence-electron chi connectivity index (χ2n) is 4.98. The third-order valence-corrected chi connectivity index (χ3v) is 3.70. The molecule has 1 aromatic rings. The highest BCUT2D eigenvalue weighted by molar-refractivity contribution is 6.06. The Labute approximate surface area is 128 Å². The molecule has 6 heteroatoms. The average molecular weight is 302 g/mol. The minimum atomic E-state index is -0.697. The first-order chi connectivity index (χ1) is 10.5. The lowest BCUT2D eigenvalue weighted by Gasteiger charge is -2.30. The van der Waals surface area contributed by atoms with Crippen LogP contribution in [0.25, 0.3) is 0 Å². The molecule has 0 saturated carbocycles. The van der Waals surface area contributed by atoms with E-state index in [9.17, 15) is 9.59 Å². The summed E-state index contributed by atoms with van der Waals surface area (Å²) in [7, 11) is 2.62. The van der Waals surface area contributed by atoms with Gasteiger partial charge < -0.3 is 9.47 Å². The van der Waals surface area contributed by atoms with E-state index in [0.717, 1.165) is 0 Å². The van der Waals surface area contributed by atoms with Gasteiger partial charge in [-0.05, 0) is 26.0 Å². The Hall–Kier alpha value is -2.50. The molecule has 22 heavy (non-hydrogen) atoms. The van der Waals surface area contributed by atoms with Crippen molar-refractivity contribution in [2.24, 2.45) is 10.9 Å². The molecule has 6 nitrogen and oxygen atoms in total. The van der Waals surface area contributed by atoms with Gasteiger partial charge in [-0.2, -0.15) is 0 Å². The number of allylic oxidation sites excluding steroid dienone is 1. The summed E-state index contributed by atoms with van der Waals surface area (Å²) in [6, 6.07) is 5.35. The zero-order valence-corrected chi connectivity index (χ0v) is 13.0. The second kappa shape index (κ2) is 6.51. The monoisotopic (exact) mass is 302 g/mol. The number of carbonyl (C=O) groups excluding carboxylic acids is 2. The number of methoxy groups -OCH3 is 2. The third kappa shape index (κ3) is 2.77. The lowest BCUT2D eigenvalue weighted by atomic mass is 9.77. The van der Waals surface area contributed by atoms with Crippen molar-refractivity contribution >= 4 is 17.7 Å². The molecule has 2 unspecified atom stereocenters. The molecule has 0 radical (unpaired) electrons. The van der Waals surface area contributed by atoms with Gasteiger partial charge in [0.1, 0.15) is 5.92 Å². The van der Waals surface area contributed by atoms with Gasteiger partial charge in [0.15, 0.2) is 0 Å². The fourth-order valence-corrected chi connectivity index (χ4v) is 2.72. The number of hydrogen-bond acceptors (Lipinski definition) is 6. The molecule has 0 aromatic carbocycles. The smallest absolute Gasteiger partial charge is 0.336 e. The van der Waals surface area contributed by atoms with Crippen molar-refractivity contribution in [3.05, 3.63) is 41.4 Å². The summed E-state index contributed by atoms with van der Waals surface area (Å²) in [6.07, 6.45) is 1.62. The van der Waals surface area contributed by atoms with E-state index in [1.807, 2.05) is 6.07 Å². The first-order valence-corrected chi connectivity index (χ1v) is 6.84. The first-order valence-electron chi connectivity index (χ1n) is 6.84. The molecule has 0 saturated heterocycles. The molecule has 1 aliphatic rings. The number of nitrogens with zero attached hydrogens (tertiary/aromatic N) is 2. The number of rotatable bonds is 3. The van der Waals surface area contributed by atoms with Crippen LogP contribution in [0.4, 0.5) is 0 Å². The van der Waals surface area contributed by atoms with Crippen LogP contribution < -0.4 is 0 Å². The van der Waals surface area contributed by atoms with Gasteiger partial charge in [-0.1, -0.05) is 6.07 Å². The van der Waals surface area contributed by atoms with Crippen LogP contribution in [0.2, 0.25) is 0 Å². The average Bonchev–Trinajstić information content (AvgIpc) is 2.53. The maximum Gasteiger partial charge on any atom is 0.336 e. The van der Waals surface area contributed by atoms with Gasteiger partial charge in [0.05, 0.1) is 25.7 Å². The molecule has 2 atom stereocenters. The van der Waals surface area contributed by atoms with Crippen LogP contribution in [0.15, 0.2) is 40.7 Å². The standard InChI is InChI=1S/C16H18N2O4/c1-9-12(15(19)21-3)14(11-7-5-6-8-17-11)13(10(2)18-9)16(20)22-4/h5-8,12,14H,1-4H3. The minimum Gasteiger partial charge on any atom is -0.468 e. The molecule has 0 fully saturated rings. The maximum atomic E-state index is 12.2. The number of ether oxygens (including phenoxy) is 2. The SMILES string of the molecule is COC(=O)C1=C(C)N=C(C)C(C(=O)OC)C1c1ccccn1. The molecular weight excluding hydrogens is 284 g/mol. The predicted molar refractivity (Wildman–Crippen MR) is 80.3 cm³/mol. The molecular formula is C16H18N2O4. The van der Waals surface area contributed by atoms with Crippen molar-refractivity contribution < 1.29 is 19.1 Å². The molecule has 2 heterocycles. The largest absolute Gasteiger partial charge is 0.468 e. The lowest BCUT2D eigenvalue weighted by molar-refractivity contribution is -0.143. The van der Waals surface area contributed by atoms with Crippen molar-refractivity contribution in [3.8, 4) is 0 Å². The fraction of sp³-hybridized carbons (Fsp3) is 0.375.